The summed E-state index contributed by atoms with van der Waals surface area (Å²) < 4.78 is 5.09. The van der Waals surface area contributed by atoms with Gasteiger partial charge in [-0.1, -0.05) is 6.08 Å². The van der Waals surface area contributed by atoms with Gasteiger partial charge in [0, 0.05) is 12.6 Å². The fourth-order valence-electron chi connectivity index (χ4n) is 1.49. The molecule has 0 spiro atoms. The molecule has 0 aliphatic heterocycles. The van der Waals surface area contributed by atoms with Gasteiger partial charge >= 0.3 is 0 Å². The highest BCUT2D eigenvalue weighted by Crippen LogP contribution is 2.28. The number of carbonyl (C=O) groups excluding carboxylic acids is 1. The van der Waals surface area contributed by atoms with Gasteiger partial charge in [0.25, 0.3) is 5.91 Å². The van der Waals surface area contributed by atoms with Gasteiger partial charge in [0.05, 0.1) is 0 Å². The van der Waals surface area contributed by atoms with Crippen molar-refractivity contribution < 1.29 is 9.21 Å². The molecule has 1 aromatic heterocycles. The van der Waals surface area contributed by atoms with E-state index in [1.165, 1.54) is 0 Å². The van der Waals surface area contributed by atoms with Crippen LogP contribution in [0.5, 0.6) is 0 Å². The van der Waals surface area contributed by atoms with Gasteiger partial charge in [-0.2, -0.15) is 0 Å². The van der Waals surface area contributed by atoms with Crippen LogP contribution in [-0.2, 0) is 0 Å². The van der Waals surface area contributed by atoms with Crippen LogP contribution >= 0.6 is 11.6 Å². The lowest BCUT2D eigenvalue weighted by Gasteiger charge is -2.18. The smallest absolute Gasteiger partial charge is 0.290 e. The second kappa shape index (κ2) is 4.11. The van der Waals surface area contributed by atoms with E-state index in [1.54, 1.807) is 23.1 Å². The average molecular weight is 226 g/mol. The van der Waals surface area contributed by atoms with Crippen molar-refractivity contribution in [1.29, 1.82) is 0 Å². The van der Waals surface area contributed by atoms with Crippen molar-refractivity contribution in [2.24, 2.45) is 0 Å². The number of amides is 1. The van der Waals surface area contributed by atoms with Crippen LogP contribution in [0.2, 0.25) is 5.22 Å². The number of hydrogen-bond acceptors (Lipinski definition) is 2. The maximum Gasteiger partial charge on any atom is 0.290 e. The Morgan fingerprint density at radius 1 is 1.67 bits per heavy atom. The minimum absolute atomic E-state index is 0.107. The second-order valence-electron chi connectivity index (χ2n) is 3.58. The maximum absolute atomic E-state index is 12.0. The van der Waals surface area contributed by atoms with Crippen LogP contribution in [-0.4, -0.2) is 23.4 Å². The highest BCUT2D eigenvalue weighted by atomic mass is 35.5. The molecule has 0 aromatic carbocycles. The van der Waals surface area contributed by atoms with Crippen molar-refractivity contribution >= 4 is 17.5 Å². The van der Waals surface area contributed by atoms with Gasteiger partial charge in [-0.05, 0) is 36.6 Å². The number of nitrogens with zero attached hydrogens (tertiary/aromatic N) is 1. The van der Waals surface area contributed by atoms with Crippen LogP contribution in [0.3, 0.4) is 0 Å². The topological polar surface area (TPSA) is 33.5 Å². The Bertz CT molecular complexity index is 382. The van der Waals surface area contributed by atoms with Gasteiger partial charge < -0.3 is 9.32 Å². The molecule has 0 atom stereocenters. The molecule has 0 N–H and O–H groups in total. The quantitative estimate of drug-likeness (QED) is 0.739. The summed E-state index contributed by atoms with van der Waals surface area (Å²) in [5.74, 6) is 0.193. The molecule has 15 heavy (non-hydrogen) atoms. The molecule has 0 saturated heterocycles. The first-order chi connectivity index (χ1) is 7.22. The van der Waals surface area contributed by atoms with Crippen molar-refractivity contribution in [3.05, 3.63) is 35.8 Å². The van der Waals surface area contributed by atoms with Gasteiger partial charge in [0.15, 0.2) is 11.0 Å². The molecule has 1 amide bonds. The van der Waals surface area contributed by atoms with Gasteiger partial charge in [0.1, 0.15) is 0 Å². The lowest BCUT2D eigenvalue weighted by atomic mass is 10.3. The standard InChI is InChI=1S/C11H12ClNO2/c1-2-7-13(8-3-4-8)11(14)9-5-6-10(12)15-9/h2,5-6,8H,1,3-4,7H2. The zero-order valence-corrected chi connectivity index (χ0v) is 9.04. The summed E-state index contributed by atoms with van der Waals surface area (Å²) in [6.45, 7) is 4.20. The van der Waals surface area contributed by atoms with Crippen LogP contribution in [0.4, 0.5) is 0 Å². The molecule has 1 heterocycles. The van der Waals surface area contributed by atoms with Crippen molar-refractivity contribution in [2.75, 3.05) is 6.54 Å². The predicted octanol–water partition coefficient (Wildman–Crippen LogP) is 2.72. The van der Waals surface area contributed by atoms with Crippen LogP contribution < -0.4 is 0 Å². The number of carbonyl (C=O) groups is 1. The first-order valence-corrected chi connectivity index (χ1v) is 5.27. The Balaban J connectivity index is 2.13. The third-order valence-electron chi connectivity index (χ3n) is 2.36. The zero-order valence-electron chi connectivity index (χ0n) is 8.28. The van der Waals surface area contributed by atoms with Crippen LogP contribution in [0.25, 0.3) is 0 Å². The van der Waals surface area contributed by atoms with E-state index in [4.69, 9.17) is 16.0 Å². The Labute approximate surface area is 93.3 Å². The zero-order chi connectivity index (χ0) is 10.8. The minimum atomic E-state index is -0.107. The Morgan fingerprint density at radius 2 is 2.40 bits per heavy atom. The third-order valence-corrected chi connectivity index (χ3v) is 2.56. The number of hydrogen-bond donors (Lipinski definition) is 0. The van der Waals surface area contributed by atoms with Gasteiger partial charge in [-0.25, -0.2) is 0 Å². The molecule has 0 unspecified atom stereocenters. The lowest BCUT2D eigenvalue weighted by molar-refractivity contribution is 0.0731. The first kappa shape index (κ1) is 10.3. The summed E-state index contributed by atoms with van der Waals surface area (Å²) in [7, 11) is 0. The van der Waals surface area contributed by atoms with E-state index in [0.717, 1.165) is 12.8 Å². The normalized spacial score (nSPS) is 15.0. The fraction of sp³-hybridized carbons (Fsp3) is 0.364. The molecule has 1 fully saturated rings. The minimum Gasteiger partial charge on any atom is -0.440 e. The SMILES string of the molecule is C=CCN(C(=O)c1ccc(Cl)o1)C1CC1. The molecule has 2 rings (SSSR count). The number of rotatable bonds is 4. The Morgan fingerprint density at radius 3 is 2.87 bits per heavy atom. The van der Waals surface area contributed by atoms with Crippen LogP contribution in [0.15, 0.2) is 29.2 Å². The van der Waals surface area contributed by atoms with Crippen molar-refractivity contribution in [3.8, 4) is 0 Å². The predicted molar refractivity (Wildman–Crippen MR) is 58.0 cm³/mol. The summed E-state index contributed by atoms with van der Waals surface area (Å²) in [6.07, 6.45) is 3.85. The third kappa shape index (κ3) is 2.23. The molecule has 80 valence electrons. The lowest BCUT2D eigenvalue weighted by Crippen LogP contribution is -2.32. The fourth-order valence-corrected chi connectivity index (χ4v) is 1.64. The Kier molecular flexibility index (Phi) is 2.82. The van der Waals surface area contributed by atoms with E-state index in [2.05, 4.69) is 6.58 Å². The van der Waals surface area contributed by atoms with Gasteiger partial charge in [0.2, 0.25) is 0 Å². The van der Waals surface area contributed by atoms with Gasteiger partial charge in [-0.15, -0.1) is 6.58 Å². The first-order valence-electron chi connectivity index (χ1n) is 4.89. The van der Waals surface area contributed by atoms with Crippen molar-refractivity contribution in [3.63, 3.8) is 0 Å². The molecule has 1 aliphatic carbocycles. The molecule has 3 nitrogen and oxygen atoms in total. The molecule has 4 heteroatoms. The summed E-state index contributed by atoms with van der Waals surface area (Å²) in [5, 5.41) is 0.243. The monoisotopic (exact) mass is 225 g/mol. The van der Waals surface area contributed by atoms with Crippen molar-refractivity contribution in [1.82, 2.24) is 4.90 Å². The molecular weight excluding hydrogens is 214 g/mol. The molecule has 0 radical (unpaired) electrons. The number of halogens is 1. The van der Waals surface area contributed by atoms with Crippen LogP contribution in [0.1, 0.15) is 23.4 Å². The largest absolute Gasteiger partial charge is 0.440 e. The summed E-state index contributed by atoms with van der Waals surface area (Å²) in [5.41, 5.74) is 0. The summed E-state index contributed by atoms with van der Waals surface area (Å²) in [6, 6.07) is 3.52. The van der Waals surface area contributed by atoms with Crippen LogP contribution in [0, 0.1) is 0 Å². The second-order valence-corrected chi connectivity index (χ2v) is 3.95. The van der Waals surface area contributed by atoms with E-state index >= 15 is 0 Å². The molecule has 1 aromatic rings. The summed E-state index contributed by atoms with van der Waals surface area (Å²) in [4.78, 5) is 13.7. The Hall–Kier alpha value is -1.22. The molecular formula is C11H12ClNO2. The van der Waals surface area contributed by atoms with E-state index in [-0.39, 0.29) is 11.1 Å². The van der Waals surface area contributed by atoms with E-state index in [1.807, 2.05) is 0 Å². The van der Waals surface area contributed by atoms with E-state index in [0.29, 0.717) is 18.3 Å². The van der Waals surface area contributed by atoms with E-state index in [9.17, 15) is 4.79 Å². The van der Waals surface area contributed by atoms with Crippen molar-refractivity contribution in [2.45, 2.75) is 18.9 Å². The average Bonchev–Trinajstić information content (AvgIpc) is 2.96. The number of furan rings is 1. The molecule has 1 saturated carbocycles. The highest BCUT2D eigenvalue weighted by molar-refractivity contribution is 6.29. The highest BCUT2D eigenvalue weighted by Gasteiger charge is 2.33. The van der Waals surface area contributed by atoms with E-state index < -0.39 is 0 Å². The maximum atomic E-state index is 12.0. The molecule has 0 bridgehead atoms. The molecule has 1 aliphatic rings. The summed E-state index contributed by atoms with van der Waals surface area (Å²) >= 11 is 5.62. The van der Waals surface area contributed by atoms with Gasteiger partial charge in [-0.3, -0.25) is 4.79 Å².